The van der Waals surface area contributed by atoms with Crippen molar-refractivity contribution < 1.29 is 13.3 Å². The lowest BCUT2D eigenvalue weighted by Crippen LogP contribution is -2.21. The van der Waals surface area contributed by atoms with E-state index in [0.717, 1.165) is 10.9 Å². The number of hydrazine groups is 1. The summed E-state index contributed by atoms with van der Waals surface area (Å²) in [6.45, 7) is 0.0735. The van der Waals surface area contributed by atoms with E-state index in [-0.39, 0.29) is 21.4 Å². The van der Waals surface area contributed by atoms with Gasteiger partial charge in [0.05, 0.1) is 10.4 Å². The molecule has 12 heteroatoms. The van der Waals surface area contributed by atoms with Gasteiger partial charge in [-0.3, -0.25) is 15.1 Å². The summed E-state index contributed by atoms with van der Waals surface area (Å²) in [6.07, 6.45) is 1.54. The molecule has 0 unspecified atom stereocenters. The van der Waals surface area contributed by atoms with E-state index in [1.807, 2.05) is 0 Å². The maximum atomic E-state index is 12.0. The van der Waals surface area contributed by atoms with Gasteiger partial charge in [-0.05, 0) is 0 Å². The molecule has 0 radical (unpaired) electrons. The third kappa shape index (κ3) is 3.10. The lowest BCUT2D eigenvalue weighted by molar-refractivity contribution is -0.383. The van der Waals surface area contributed by atoms with Gasteiger partial charge >= 0.3 is 5.69 Å². The second-order valence-corrected chi connectivity index (χ2v) is 7.49. The molecule has 2 aromatic rings. The first-order chi connectivity index (χ1) is 9.44. The SMILES string of the molecule is NNc1sc(S(=O)(=O)NCc2cncs2)cc1[N+](=O)[O-]. The lowest BCUT2D eigenvalue weighted by atomic mass is 10.5. The monoisotopic (exact) mass is 335 g/mol. The Morgan fingerprint density at radius 3 is 2.75 bits per heavy atom. The number of sulfonamides is 1. The Bertz CT molecular complexity index is 709. The number of thiazole rings is 1. The molecule has 0 aromatic carbocycles. The van der Waals surface area contributed by atoms with Crippen LogP contribution in [-0.4, -0.2) is 18.3 Å². The fourth-order valence-corrected chi connectivity index (χ4v) is 4.21. The summed E-state index contributed by atoms with van der Waals surface area (Å²) >= 11 is 1.99. The number of nitrogens with one attached hydrogen (secondary N) is 2. The number of aromatic nitrogens is 1. The summed E-state index contributed by atoms with van der Waals surface area (Å²) < 4.78 is 26.2. The van der Waals surface area contributed by atoms with E-state index in [9.17, 15) is 18.5 Å². The fraction of sp³-hybridized carbons (Fsp3) is 0.125. The highest BCUT2D eigenvalue weighted by molar-refractivity contribution is 7.91. The van der Waals surface area contributed by atoms with E-state index in [1.165, 1.54) is 17.5 Å². The molecule has 2 heterocycles. The van der Waals surface area contributed by atoms with Crippen molar-refractivity contribution in [1.82, 2.24) is 9.71 Å². The molecule has 0 atom stereocenters. The first-order valence-electron chi connectivity index (χ1n) is 5.06. The number of hydrogen-bond donors (Lipinski definition) is 3. The van der Waals surface area contributed by atoms with Crippen molar-refractivity contribution in [1.29, 1.82) is 0 Å². The smallest absolute Gasteiger partial charge is 0.306 e. The van der Waals surface area contributed by atoms with Crippen molar-refractivity contribution >= 4 is 43.4 Å². The molecule has 2 aromatic heterocycles. The summed E-state index contributed by atoms with van der Waals surface area (Å²) in [6, 6.07) is 0.967. The van der Waals surface area contributed by atoms with Crippen LogP contribution in [0.25, 0.3) is 0 Å². The van der Waals surface area contributed by atoms with Crippen LogP contribution in [0.5, 0.6) is 0 Å². The third-order valence-corrected chi connectivity index (χ3v) is 5.91. The molecule has 2 rings (SSSR count). The predicted molar refractivity (Wildman–Crippen MR) is 74.9 cm³/mol. The quantitative estimate of drug-likeness (QED) is 0.404. The van der Waals surface area contributed by atoms with Gasteiger partial charge in [-0.15, -0.1) is 11.3 Å². The van der Waals surface area contributed by atoms with Crippen LogP contribution < -0.4 is 16.0 Å². The molecule has 0 bridgehead atoms. The average Bonchev–Trinajstić information content (AvgIpc) is 3.05. The Balaban J connectivity index is 2.23. The molecule has 0 aliphatic rings. The van der Waals surface area contributed by atoms with Crippen molar-refractivity contribution in [3.63, 3.8) is 0 Å². The van der Waals surface area contributed by atoms with Gasteiger partial charge in [0.25, 0.3) is 10.0 Å². The Morgan fingerprint density at radius 1 is 1.50 bits per heavy atom. The van der Waals surface area contributed by atoms with E-state index in [1.54, 1.807) is 5.51 Å². The van der Waals surface area contributed by atoms with Crippen LogP contribution in [0.4, 0.5) is 10.7 Å². The summed E-state index contributed by atoms with van der Waals surface area (Å²) in [4.78, 5) is 14.6. The summed E-state index contributed by atoms with van der Waals surface area (Å²) in [5.74, 6) is 5.13. The van der Waals surface area contributed by atoms with Gasteiger partial charge in [-0.2, -0.15) is 0 Å². The van der Waals surface area contributed by atoms with Crippen LogP contribution in [-0.2, 0) is 16.6 Å². The number of nitrogens with zero attached hydrogens (tertiary/aromatic N) is 2. The van der Waals surface area contributed by atoms with Crippen molar-refractivity contribution in [3.8, 4) is 0 Å². The third-order valence-electron chi connectivity index (χ3n) is 2.20. The Hall–Kier alpha value is -1.60. The van der Waals surface area contributed by atoms with Crippen molar-refractivity contribution in [2.75, 3.05) is 5.43 Å². The number of anilines is 1. The Morgan fingerprint density at radius 2 is 2.25 bits per heavy atom. The number of nitrogens with two attached hydrogens (primary N) is 1. The second-order valence-electron chi connectivity index (χ2n) is 3.47. The van der Waals surface area contributed by atoms with Gasteiger partial charge in [0.2, 0.25) is 0 Å². The molecule has 0 amide bonds. The van der Waals surface area contributed by atoms with Gasteiger partial charge in [0.15, 0.2) is 5.00 Å². The molecule has 0 saturated heterocycles. The molecule has 0 fully saturated rings. The molecule has 9 nitrogen and oxygen atoms in total. The summed E-state index contributed by atoms with van der Waals surface area (Å²) in [5.41, 5.74) is 3.32. The van der Waals surface area contributed by atoms with E-state index in [2.05, 4.69) is 15.1 Å². The van der Waals surface area contributed by atoms with E-state index < -0.39 is 14.9 Å². The number of nitrogen functional groups attached to an aromatic ring is 1. The molecule has 108 valence electrons. The van der Waals surface area contributed by atoms with Crippen LogP contribution >= 0.6 is 22.7 Å². The van der Waals surface area contributed by atoms with Crippen molar-refractivity contribution in [2.45, 2.75) is 10.8 Å². The molecule has 20 heavy (non-hydrogen) atoms. The zero-order chi connectivity index (χ0) is 14.8. The summed E-state index contributed by atoms with van der Waals surface area (Å²) in [7, 11) is -3.83. The lowest BCUT2D eigenvalue weighted by Gasteiger charge is -2.01. The predicted octanol–water partition coefficient (Wildman–Crippen LogP) is 0.877. The van der Waals surface area contributed by atoms with Crippen LogP contribution in [0.15, 0.2) is 22.0 Å². The zero-order valence-electron chi connectivity index (χ0n) is 9.77. The fourth-order valence-electron chi connectivity index (χ4n) is 1.30. The molecule has 4 N–H and O–H groups in total. The minimum Gasteiger partial charge on any atom is -0.310 e. The average molecular weight is 335 g/mol. The number of rotatable bonds is 6. The highest BCUT2D eigenvalue weighted by Gasteiger charge is 2.25. The normalized spacial score (nSPS) is 11.4. The van der Waals surface area contributed by atoms with Crippen molar-refractivity contribution in [3.05, 3.63) is 32.8 Å². The van der Waals surface area contributed by atoms with Gasteiger partial charge < -0.3 is 5.43 Å². The van der Waals surface area contributed by atoms with Gasteiger partial charge in [0, 0.05) is 23.7 Å². The Kier molecular flexibility index (Phi) is 4.29. The van der Waals surface area contributed by atoms with E-state index in [0.29, 0.717) is 11.3 Å². The first-order valence-corrected chi connectivity index (χ1v) is 8.24. The molecule has 0 aliphatic carbocycles. The number of nitro groups is 1. The van der Waals surface area contributed by atoms with E-state index >= 15 is 0 Å². The summed E-state index contributed by atoms with van der Waals surface area (Å²) in [5, 5.41) is 10.7. The molecule has 0 spiro atoms. The van der Waals surface area contributed by atoms with Crippen LogP contribution in [0.1, 0.15) is 4.88 Å². The second kappa shape index (κ2) is 5.80. The first kappa shape index (κ1) is 14.8. The van der Waals surface area contributed by atoms with Crippen LogP contribution in [0.2, 0.25) is 0 Å². The Labute approximate surface area is 121 Å². The largest absolute Gasteiger partial charge is 0.310 e. The number of thiophene rings is 1. The van der Waals surface area contributed by atoms with Crippen LogP contribution in [0.3, 0.4) is 0 Å². The maximum Gasteiger partial charge on any atom is 0.306 e. The molecular weight excluding hydrogens is 326 g/mol. The highest BCUT2D eigenvalue weighted by Crippen LogP contribution is 2.36. The molecular formula is C8H9N5O4S3. The van der Waals surface area contributed by atoms with Crippen LogP contribution in [0, 0.1) is 10.1 Å². The van der Waals surface area contributed by atoms with Crippen molar-refractivity contribution in [2.24, 2.45) is 5.84 Å². The number of hydrogen-bond acceptors (Lipinski definition) is 9. The minimum atomic E-state index is -3.83. The van der Waals surface area contributed by atoms with Gasteiger partial charge in [-0.25, -0.2) is 19.0 Å². The standard InChI is InChI=1S/C8H9N5O4S3/c9-12-8-6(13(14)15)1-7(19-8)20(16,17)11-3-5-2-10-4-18-5/h1-2,4,11-12H,3,9H2. The highest BCUT2D eigenvalue weighted by atomic mass is 32.2. The maximum absolute atomic E-state index is 12.0. The van der Waals surface area contributed by atoms with Gasteiger partial charge in [0.1, 0.15) is 4.21 Å². The minimum absolute atomic E-state index is 0.0202. The zero-order valence-corrected chi connectivity index (χ0v) is 12.2. The molecule has 0 aliphatic heterocycles. The van der Waals surface area contributed by atoms with Gasteiger partial charge in [-0.1, -0.05) is 11.3 Å². The topological polar surface area (TPSA) is 140 Å². The van der Waals surface area contributed by atoms with E-state index in [4.69, 9.17) is 5.84 Å². The molecule has 0 saturated carbocycles.